The van der Waals surface area contributed by atoms with E-state index in [-0.39, 0.29) is 94.6 Å². The average molecular weight is 903 g/mol. The van der Waals surface area contributed by atoms with Crippen LogP contribution in [0.5, 0.6) is 5.75 Å². The molecule has 4 heterocycles. The summed E-state index contributed by atoms with van der Waals surface area (Å²) in [5, 5.41) is 15.9. The molecule has 328 valence electrons. The number of piperidine rings is 1. The minimum absolute atomic E-state index is 0.00123. The summed E-state index contributed by atoms with van der Waals surface area (Å²) >= 11 is 12.2. The van der Waals surface area contributed by atoms with Crippen LogP contribution in [0, 0.1) is 5.82 Å². The van der Waals surface area contributed by atoms with Gasteiger partial charge in [-0.2, -0.15) is 0 Å². The van der Waals surface area contributed by atoms with E-state index in [2.05, 4.69) is 26.1 Å². The lowest BCUT2D eigenvalue weighted by Gasteiger charge is -2.44. The van der Waals surface area contributed by atoms with E-state index in [9.17, 15) is 38.0 Å². The number of nitrogens with zero attached hydrogens (tertiary/aromatic N) is 5. The molecule has 3 aromatic carbocycles. The number of carbonyl (C=O) groups is 7. The van der Waals surface area contributed by atoms with Crippen molar-refractivity contribution in [1.82, 2.24) is 30.2 Å². The molecule has 4 aromatic rings. The third-order valence-electron chi connectivity index (χ3n) is 11.0. The molecule has 3 atom stereocenters. The lowest BCUT2D eigenvalue weighted by molar-refractivity contribution is -0.138. The van der Waals surface area contributed by atoms with Gasteiger partial charge in [0.25, 0.3) is 23.6 Å². The summed E-state index contributed by atoms with van der Waals surface area (Å²) in [5.74, 6) is -3.93. The maximum atomic E-state index is 13.9. The quantitative estimate of drug-likeness (QED) is 0.0812. The molecule has 5 N–H and O–H groups in total. The number of fused-ring (bicyclic) bond motifs is 1. The van der Waals surface area contributed by atoms with Crippen LogP contribution in [0.15, 0.2) is 60.7 Å². The summed E-state index contributed by atoms with van der Waals surface area (Å²) in [6.07, 6.45) is 0.817. The van der Waals surface area contributed by atoms with Crippen molar-refractivity contribution in [1.29, 1.82) is 0 Å². The topological polar surface area (TPSA) is 226 Å². The molecule has 0 bridgehead atoms. The SMILES string of the molecule is C[C@@H]1CN(C(=O)c2ccc(NC(=O)c3cc(OCCc4c(Cl)ccc(F)c4Cl)c(N)nn3)cc2)C[C@H](C)N1C(=O)CCCNc1cccc2c1C(=O)N([C@@H]1CCC(=O)NC1=O)C2=O. The maximum Gasteiger partial charge on any atom is 0.276 e. The number of nitrogens with one attached hydrogen (secondary N) is 3. The molecular weight excluding hydrogens is 860 g/mol. The second-order valence-electron chi connectivity index (χ2n) is 15.3. The Morgan fingerprint density at radius 1 is 0.968 bits per heavy atom. The third-order valence-corrected chi connectivity index (χ3v) is 11.8. The number of amides is 7. The van der Waals surface area contributed by atoms with Gasteiger partial charge in [0.2, 0.25) is 17.7 Å². The van der Waals surface area contributed by atoms with Crippen molar-refractivity contribution in [2.45, 2.75) is 64.1 Å². The highest BCUT2D eigenvalue weighted by Gasteiger charge is 2.45. The zero-order chi connectivity index (χ0) is 45.1. The molecule has 2 saturated heterocycles. The molecule has 0 unspecified atom stereocenters. The van der Waals surface area contributed by atoms with Gasteiger partial charge in [-0.25, -0.2) is 4.39 Å². The van der Waals surface area contributed by atoms with E-state index in [0.29, 0.717) is 48.6 Å². The molecule has 2 fully saturated rings. The zero-order valence-electron chi connectivity index (χ0n) is 34.1. The van der Waals surface area contributed by atoms with Gasteiger partial charge >= 0.3 is 0 Å². The fourth-order valence-corrected chi connectivity index (χ4v) is 8.54. The van der Waals surface area contributed by atoms with Gasteiger partial charge in [0.1, 0.15) is 11.9 Å². The molecule has 3 aliphatic heterocycles. The van der Waals surface area contributed by atoms with Crippen molar-refractivity contribution < 1.29 is 42.7 Å². The van der Waals surface area contributed by atoms with Gasteiger partial charge in [-0.3, -0.25) is 43.8 Å². The molecule has 0 spiro atoms. The number of piperazine rings is 1. The van der Waals surface area contributed by atoms with E-state index >= 15 is 0 Å². The van der Waals surface area contributed by atoms with Crippen LogP contribution >= 0.6 is 23.2 Å². The first-order valence-electron chi connectivity index (χ1n) is 20.1. The molecule has 0 saturated carbocycles. The van der Waals surface area contributed by atoms with Crippen LogP contribution in [0.4, 0.5) is 21.6 Å². The summed E-state index contributed by atoms with van der Waals surface area (Å²) in [6, 6.07) is 13.3. The molecule has 7 amide bonds. The van der Waals surface area contributed by atoms with Crippen LogP contribution in [-0.4, -0.2) is 111 Å². The van der Waals surface area contributed by atoms with E-state index in [4.69, 9.17) is 33.7 Å². The summed E-state index contributed by atoms with van der Waals surface area (Å²) in [6.45, 7) is 4.66. The van der Waals surface area contributed by atoms with Crippen molar-refractivity contribution in [3.63, 3.8) is 0 Å². The lowest BCUT2D eigenvalue weighted by atomic mass is 10.0. The first-order valence-corrected chi connectivity index (χ1v) is 20.9. The second kappa shape index (κ2) is 18.8. The van der Waals surface area contributed by atoms with E-state index in [1.54, 1.807) is 46.2 Å². The Morgan fingerprint density at radius 2 is 1.70 bits per heavy atom. The molecule has 63 heavy (non-hydrogen) atoms. The minimum Gasteiger partial charge on any atom is -0.489 e. The summed E-state index contributed by atoms with van der Waals surface area (Å²) in [4.78, 5) is 95.2. The number of nitrogens with two attached hydrogens (primary N) is 1. The Bertz CT molecular complexity index is 2510. The normalized spacial score (nSPS) is 18.6. The van der Waals surface area contributed by atoms with E-state index in [0.717, 1.165) is 11.0 Å². The van der Waals surface area contributed by atoms with Crippen molar-refractivity contribution in [2.75, 3.05) is 42.6 Å². The van der Waals surface area contributed by atoms with Crippen molar-refractivity contribution in [3.8, 4) is 5.75 Å². The number of hydrogen-bond acceptors (Lipinski definition) is 12. The Kier molecular flexibility index (Phi) is 13.2. The molecule has 7 rings (SSSR count). The van der Waals surface area contributed by atoms with Gasteiger partial charge in [0.05, 0.1) is 22.8 Å². The number of aromatic nitrogens is 2. The molecule has 1 aromatic heterocycles. The predicted octanol–water partition coefficient (Wildman–Crippen LogP) is 4.73. The van der Waals surface area contributed by atoms with Crippen molar-refractivity contribution in [3.05, 3.63) is 104 Å². The Labute approximate surface area is 370 Å². The van der Waals surface area contributed by atoms with Crippen LogP contribution in [0.2, 0.25) is 10.0 Å². The standard InChI is InChI=1S/C43H42Cl2FN9O8/c1-22-20-53(21-23(2)54(22)35(57)7-4-17-48-30-6-3-5-27-36(30)43(62)55(42(27)61)32-14-15-34(56)50-40(32)59)41(60)24-8-10-25(11-9-24)49-39(58)31-19-33(38(47)52-51-31)63-18-16-26-28(44)12-13-29(46)37(26)45/h3,5-6,8-13,19,22-23,32,48H,4,7,14-18,20-21H2,1-2H3,(H2,47,52)(H,49,58)(H,50,56,59)/t22-,23+,32-/m1/s1. The van der Waals surface area contributed by atoms with Crippen molar-refractivity contribution in [2.24, 2.45) is 0 Å². The number of carbonyl (C=O) groups excluding carboxylic acids is 7. The number of imide groups is 2. The summed E-state index contributed by atoms with van der Waals surface area (Å²) in [5.41, 5.74) is 7.64. The highest BCUT2D eigenvalue weighted by atomic mass is 35.5. The van der Waals surface area contributed by atoms with Crippen LogP contribution < -0.4 is 26.4 Å². The van der Waals surface area contributed by atoms with Gasteiger partial charge in [-0.05, 0) is 80.8 Å². The second-order valence-corrected chi connectivity index (χ2v) is 16.1. The predicted molar refractivity (Wildman–Crippen MR) is 229 cm³/mol. The van der Waals surface area contributed by atoms with E-state index in [1.165, 1.54) is 18.2 Å². The fraction of sp³-hybridized carbons (Fsp3) is 0.326. The smallest absolute Gasteiger partial charge is 0.276 e. The molecule has 3 aliphatic rings. The number of ether oxygens (including phenoxy) is 1. The number of benzene rings is 3. The van der Waals surface area contributed by atoms with Crippen LogP contribution in [0.1, 0.15) is 86.7 Å². The third kappa shape index (κ3) is 9.41. The number of nitrogen functional groups attached to an aromatic ring is 1. The minimum atomic E-state index is -1.08. The number of halogens is 3. The van der Waals surface area contributed by atoms with Gasteiger partial charge in [-0.1, -0.05) is 29.3 Å². The monoisotopic (exact) mass is 901 g/mol. The largest absolute Gasteiger partial charge is 0.489 e. The average Bonchev–Trinajstić information content (AvgIpc) is 3.51. The zero-order valence-corrected chi connectivity index (χ0v) is 35.6. The van der Waals surface area contributed by atoms with E-state index < -0.39 is 41.4 Å². The summed E-state index contributed by atoms with van der Waals surface area (Å²) in [7, 11) is 0. The number of rotatable bonds is 13. The first-order chi connectivity index (χ1) is 30.1. The van der Waals surface area contributed by atoms with Crippen molar-refractivity contribution >= 4 is 81.7 Å². The Balaban J connectivity index is 0.879. The number of anilines is 3. The molecule has 17 nitrogen and oxygen atoms in total. The molecular formula is C43H42Cl2FN9O8. The Morgan fingerprint density at radius 3 is 2.41 bits per heavy atom. The lowest BCUT2D eigenvalue weighted by Crippen LogP contribution is -2.59. The van der Waals surface area contributed by atoms with Gasteiger partial charge in [-0.15, -0.1) is 10.2 Å². The van der Waals surface area contributed by atoms with E-state index in [1.807, 2.05) is 13.8 Å². The van der Waals surface area contributed by atoms with Crippen LogP contribution in [0.3, 0.4) is 0 Å². The van der Waals surface area contributed by atoms with Crippen LogP contribution in [-0.2, 0) is 20.8 Å². The van der Waals surface area contributed by atoms with Gasteiger partial charge in [0, 0.05) is 79.0 Å². The highest BCUT2D eigenvalue weighted by molar-refractivity contribution is 6.36. The first kappa shape index (κ1) is 44.4. The fourth-order valence-electron chi connectivity index (χ4n) is 7.98. The highest BCUT2D eigenvalue weighted by Crippen LogP contribution is 2.33. The molecule has 0 aliphatic carbocycles. The maximum absolute atomic E-state index is 13.9. The molecule has 20 heteroatoms. The van der Waals surface area contributed by atoms with Gasteiger partial charge < -0.3 is 30.9 Å². The summed E-state index contributed by atoms with van der Waals surface area (Å²) < 4.78 is 19.6. The number of hydrogen-bond donors (Lipinski definition) is 4. The van der Waals surface area contributed by atoms with Crippen LogP contribution in [0.25, 0.3) is 0 Å². The Hall–Kier alpha value is -6.66. The molecule has 0 radical (unpaired) electrons. The van der Waals surface area contributed by atoms with Gasteiger partial charge in [0.15, 0.2) is 17.3 Å².